The third-order valence-corrected chi connectivity index (χ3v) is 6.98. The molecule has 1 fully saturated rings. The van der Waals surface area contributed by atoms with Crippen LogP contribution in [0.2, 0.25) is 0 Å². The minimum atomic E-state index is -3.53. The predicted molar refractivity (Wildman–Crippen MR) is 92.7 cm³/mol. The molecule has 0 amide bonds. The van der Waals surface area contributed by atoms with Crippen molar-refractivity contribution in [1.29, 1.82) is 0 Å². The van der Waals surface area contributed by atoms with E-state index >= 15 is 0 Å². The summed E-state index contributed by atoms with van der Waals surface area (Å²) in [5.41, 5.74) is 1.70. The average molecular weight is 357 g/mol. The van der Waals surface area contributed by atoms with Crippen molar-refractivity contribution in [2.45, 2.75) is 30.3 Å². The lowest BCUT2D eigenvalue weighted by Gasteiger charge is -2.37. The Morgan fingerprint density at radius 3 is 2.48 bits per heavy atom. The molecular formula is C19H19NO4S. The number of rotatable bonds is 2. The minimum absolute atomic E-state index is 0.312. The van der Waals surface area contributed by atoms with Crippen LogP contribution in [0.3, 0.4) is 0 Å². The van der Waals surface area contributed by atoms with Crippen LogP contribution in [0.5, 0.6) is 0 Å². The number of sulfonamides is 1. The first-order valence-electron chi connectivity index (χ1n) is 8.32. The molecule has 2 heterocycles. The molecule has 0 bridgehead atoms. The fourth-order valence-corrected chi connectivity index (χ4v) is 5.28. The molecule has 2 aromatic carbocycles. The molecule has 2 aromatic rings. The maximum Gasteiger partial charge on any atom is 0.339 e. The lowest BCUT2D eigenvalue weighted by atomic mass is 9.84. The molecular weight excluding hydrogens is 338 g/mol. The van der Waals surface area contributed by atoms with Gasteiger partial charge in [-0.1, -0.05) is 30.3 Å². The zero-order valence-corrected chi connectivity index (χ0v) is 14.8. The van der Waals surface area contributed by atoms with Gasteiger partial charge in [-0.2, -0.15) is 4.31 Å². The molecule has 0 aromatic heterocycles. The van der Waals surface area contributed by atoms with Gasteiger partial charge in [-0.05, 0) is 30.7 Å². The highest BCUT2D eigenvalue weighted by atomic mass is 32.2. The zero-order chi connectivity index (χ0) is 17.7. The van der Waals surface area contributed by atoms with Crippen LogP contribution in [-0.2, 0) is 20.4 Å². The van der Waals surface area contributed by atoms with Crippen LogP contribution in [0.25, 0.3) is 0 Å². The number of benzene rings is 2. The average Bonchev–Trinajstić information content (AvgIpc) is 2.88. The van der Waals surface area contributed by atoms with E-state index < -0.39 is 15.6 Å². The van der Waals surface area contributed by atoms with Gasteiger partial charge in [0.15, 0.2) is 0 Å². The number of hydrogen-bond donors (Lipinski definition) is 0. The first-order valence-corrected chi connectivity index (χ1v) is 9.76. The predicted octanol–water partition coefficient (Wildman–Crippen LogP) is 2.85. The van der Waals surface area contributed by atoms with E-state index in [1.807, 2.05) is 31.2 Å². The van der Waals surface area contributed by atoms with Crippen LogP contribution in [0.15, 0.2) is 53.4 Å². The van der Waals surface area contributed by atoms with Crippen LogP contribution >= 0.6 is 0 Å². The third kappa shape index (κ3) is 2.56. The van der Waals surface area contributed by atoms with Crippen LogP contribution in [-0.4, -0.2) is 31.8 Å². The first-order chi connectivity index (χ1) is 11.9. The number of ether oxygens (including phenoxy) is 1. The van der Waals surface area contributed by atoms with Gasteiger partial charge in [0, 0.05) is 31.5 Å². The smallest absolute Gasteiger partial charge is 0.339 e. The summed E-state index contributed by atoms with van der Waals surface area (Å²) in [7, 11) is -3.53. The molecule has 4 rings (SSSR count). The molecule has 2 aliphatic heterocycles. The molecule has 0 N–H and O–H groups in total. The number of hydrogen-bond acceptors (Lipinski definition) is 4. The van der Waals surface area contributed by atoms with Crippen molar-refractivity contribution in [3.05, 3.63) is 65.2 Å². The maximum absolute atomic E-state index is 12.9. The summed E-state index contributed by atoms with van der Waals surface area (Å²) in [6.07, 6.45) is 0.946. The Labute approximate surface area is 147 Å². The Balaban J connectivity index is 1.60. The van der Waals surface area contributed by atoms with E-state index in [0.29, 0.717) is 36.4 Å². The fourth-order valence-electron chi connectivity index (χ4n) is 3.73. The van der Waals surface area contributed by atoms with E-state index in [-0.39, 0.29) is 5.97 Å². The molecule has 0 aliphatic carbocycles. The lowest BCUT2D eigenvalue weighted by molar-refractivity contribution is -0.0329. The van der Waals surface area contributed by atoms with Crippen LogP contribution in [0.4, 0.5) is 0 Å². The summed E-state index contributed by atoms with van der Waals surface area (Å²) in [5.74, 6) is -0.314. The van der Waals surface area contributed by atoms with E-state index in [1.165, 1.54) is 4.31 Å². The van der Waals surface area contributed by atoms with Gasteiger partial charge in [-0.3, -0.25) is 0 Å². The van der Waals surface area contributed by atoms with Gasteiger partial charge in [-0.25, -0.2) is 13.2 Å². The molecule has 5 nitrogen and oxygen atoms in total. The number of carbonyl (C=O) groups is 1. The summed E-state index contributed by atoms with van der Waals surface area (Å²) < 4.78 is 32.9. The molecule has 6 heteroatoms. The zero-order valence-electron chi connectivity index (χ0n) is 13.9. The first kappa shape index (κ1) is 16.3. The van der Waals surface area contributed by atoms with Crippen molar-refractivity contribution >= 4 is 16.0 Å². The summed E-state index contributed by atoms with van der Waals surface area (Å²) in [4.78, 5) is 12.4. The minimum Gasteiger partial charge on any atom is -0.450 e. The number of carbonyl (C=O) groups excluding carboxylic acids is 1. The Kier molecular flexibility index (Phi) is 3.70. The van der Waals surface area contributed by atoms with Crippen LogP contribution in [0, 0.1) is 6.92 Å². The Bertz CT molecular complexity index is 943. The Morgan fingerprint density at radius 1 is 1.04 bits per heavy atom. The summed E-state index contributed by atoms with van der Waals surface area (Å²) in [6, 6.07) is 14.3. The highest BCUT2D eigenvalue weighted by molar-refractivity contribution is 7.89. The molecule has 130 valence electrons. The van der Waals surface area contributed by atoms with Crippen molar-refractivity contribution in [3.63, 3.8) is 0 Å². The summed E-state index contributed by atoms with van der Waals surface area (Å²) in [6.45, 7) is 2.54. The number of aryl methyl sites for hydroxylation is 1. The molecule has 25 heavy (non-hydrogen) atoms. The Morgan fingerprint density at radius 2 is 1.76 bits per heavy atom. The number of fused-ring (bicyclic) bond motifs is 2. The lowest BCUT2D eigenvalue weighted by Crippen LogP contribution is -2.45. The molecule has 0 atom stereocenters. The second kappa shape index (κ2) is 5.68. The molecule has 0 saturated carbocycles. The van der Waals surface area contributed by atoms with Crippen LogP contribution < -0.4 is 0 Å². The third-order valence-electron chi connectivity index (χ3n) is 5.08. The van der Waals surface area contributed by atoms with Crippen molar-refractivity contribution in [2.24, 2.45) is 0 Å². The SMILES string of the molecule is Cc1cccc(S(=O)(=O)N2CCC3(CC2)OC(=O)c2ccccc23)c1. The molecule has 1 saturated heterocycles. The topological polar surface area (TPSA) is 63.7 Å². The Hall–Kier alpha value is -2.18. The quantitative estimate of drug-likeness (QED) is 0.776. The monoisotopic (exact) mass is 357 g/mol. The van der Waals surface area contributed by atoms with E-state index in [4.69, 9.17) is 4.74 Å². The van der Waals surface area contributed by atoms with Crippen molar-refractivity contribution in [2.75, 3.05) is 13.1 Å². The van der Waals surface area contributed by atoms with Crippen molar-refractivity contribution < 1.29 is 17.9 Å². The van der Waals surface area contributed by atoms with Crippen LogP contribution in [0.1, 0.15) is 34.3 Å². The van der Waals surface area contributed by atoms with Gasteiger partial charge >= 0.3 is 5.97 Å². The van der Waals surface area contributed by atoms with E-state index in [2.05, 4.69) is 0 Å². The highest BCUT2D eigenvalue weighted by Crippen LogP contribution is 2.44. The molecule has 2 aliphatic rings. The number of esters is 1. The molecule has 0 radical (unpaired) electrons. The van der Waals surface area contributed by atoms with Gasteiger partial charge in [0.1, 0.15) is 5.60 Å². The van der Waals surface area contributed by atoms with Gasteiger partial charge < -0.3 is 4.74 Å². The number of piperidine rings is 1. The van der Waals surface area contributed by atoms with E-state index in [9.17, 15) is 13.2 Å². The second-order valence-corrected chi connectivity index (χ2v) is 8.59. The highest BCUT2D eigenvalue weighted by Gasteiger charge is 2.48. The van der Waals surface area contributed by atoms with E-state index in [1.54, 1.807) is 24.3 Å². The summed E-state index contributed by atoms with van der Waals surface area (Å²) >= 11 is 0. The van der Waals surface area contributed by atoms with Gasteiger partial charge in [-0.15, -0.1) is 0 Å². The standard InChI is InChI=1S/C19H19NO4S/c1-14-5-4-6-15(13-14)25(22,23)20-11-9-19(10-12-20)17-8-3-2-7-16(17)18(21)24-19/h2-8,13H,9-12H2,1H3. The maximum atomic E-state index is 12.9. The second-order valence-electron chi connectivity index (χ2n) is 6.65. The molecule has 0 unspecified atom stereocenters. The number of nitrogens with zero attached hydrogens (tertiary/aromatic N) is 1. The largest absolute Gasteiger partial charge is 0.450 e. The molecule has 1 spiro atoms. The van der Waals surface area contributed by atoms with Gasteiger partial charge in [0.05, 0.1) is 10.5 Å². The van der Waals surface area contributed by atoms with Gasteiger partial charge in [0.2, 0.25) is 10.0 Å². The van der Waals surface area contributed by atoms with Gasteiger partial charge in [0.25, 0.3) is 0 Å². The normalized spacial score (nSPS) is 19.6. The van der Waals surface area contributed by atoms with E-state index in [0.717, 1.165) is 11.1 Å². The van der Waals surface area contributed by atoms with Crippen molar-refractivity contribution in [3.8, 4) is 0 Å². The summed E-state index contributed by atoms with van der Waals surface area (Å²) in [5, 5.41) is 0. The van der Waals surface area contributed by atoms with Crippen molar-refractivity contribution in [1.82, 2.24) is 4.31 Å². The fraction of sp³-hybridized carbons (Fsp3) is 0.316.